The normalized spacial score (nSPS) is 16.5. The van der Waals surface area contributed by atoms with Crippen molar-refractivity contribution in [2.24, 2.45) is 5.92 Å². The number of hydrogen-bond donors (Lipinski definition) is 0. The molecule has 0 radical (unpaired) electrons. The number of benzene rings is 1. The summed E-state index contributed by atoms with van der Waals surface area (Å²) in [6, 6.07) is 7.83. The monoisotopic (exact) mass is 415 g/mol. The molecule has 0 saturated heterocycles. The molecule has 1 unspecified atom stereocenters. The van der Waals surface area contributed by atoms with Crippen molar-refractivity contribution in [3.8, 4) is 10.4 Å². The first-order valence-electron chi connectivity index (χ1n) is 9.78. The van der Waals surface area contributed by atoms with Crippen LogP contribution in [0.25, 0.3) is 10.4 Å². The Bertz CT molecular complexity index is 930. The summed E-state index contributed by atoms with van der Waals surface area (Å²) in [5.74, 6) is -0.868. The smallest absolute Gasteiger partial charge is 0.350 e. The van der Waals surface area contributed by atoms with Gasteiger partial charge in [-0.1, -0.05) is 23.8 Å². The molecule has 0 aliphatic heterocycles. The third-order valence-electron chi connectivity index (χ3n) is 5.21. The number of carbonyl (C=O) groups excluding carboxylic acids is 2. The number of nitrogens with zero attached hydrogens (tertiary/aromatic N) is 1. The highest BCUT2D eigenvalue weighted by atomic mass is 32.1. The van der Waals surface area contributed by atoms with Gasteiger partial charge in [0.2, 0.25) is 5.91 Å². The van der Waals surface area contributed by atoms with Gasteiger partial charge in [-0.05, 0) is 63.8 Å². The number of rotatable bonds is 5. The summed E-state index contributed by atoms with van der Waals surface area (Å²) in [4.78, 5) is 28.8. The molecule has 4 nitrogen and oxygen atoms in total. The third kappa shape index (κ3) is 4.58. The van der Waals surface area contributed by atoms with Gasteiger partial charge in [0.05, 0.1) is 12.8 Å². The number of hydrogen-bond acceptors (Lipinski definition) is 4. The van der Waals surface area contributed by atoms with Gasteiger partial charge in [0.1, 0.15) is 10.7 Å². The van der Waals surface area contributed by atoms with E-state index in [0.717, 1.165) is 29.7 Å². The fraction of sp³-hybridized carbons (Fsp3) is 0.391. The molecular weight excluding hydrogens is 389 g/mol. The van der Waals surface area contributed by atoms with Crippen molar-refractivity contribution < 1.29 is 18.7 Å². The van der Waals surface area contributed by atoms with Gasteiger partial charge in [-0.25, -0.2) is 9.18 Å². The van der Waals surface area contributed by atoms with Crippen LogP contribution in [0.3, 0.4) is 0 Å². The summed E-state index contributed by atoms with van der Waals surface area (Å²) >= 11 is 1.26. The second-order valence-electron chi connectivity index (χ2n) is 7.65. The molecule has 154 valence electrons. The molecule has 0 fully saturated rings. The van der Waals surface area contributed by atoms with Crippen molar-refractivity contribution >= 4 is 28.9 Å². The molecule has 0 saturated carbocycles. The maximum Gasteiger partial charge on any atom is 0.350 e. The fourth-order valence-corrected chi connectivity index (χ4v) is 4.67. The molecule has 0 spiro atoms. The number of methoxy groups -OCH3 is 1. The van der Waals surface area contributed by atoms with Gasteiger partial charge in [0, 0.05) is 16.8 Å². The quantitative estimate of drug-likeness (QED) is 0.456. The minimum absolute atomic E-state index is 0.0253. The van der Waals surface area contributed by atoms with Gasteiger partial charge < -0.3 is 9.64 Å². The molecule has 1 aliphatic rings. The minimum atomic E-state index is -0.476. The number of amides is 1. The van der Waals surface area contributed by atoms with Crippen LogP contribution < -0.4 is 4.90 Å². The fourth-order valence-electron chi connectivity index (χ4n) is 3.59. The van der Waals surface area contributed by atoms with Crippen molar-refractivity contribution in [1.29, 1.82) is 0 Å². The second-order valence-corrected chi connectivity index (χ2v) is 8.70. The van der Waals surface area contributed by atoms with Crippen LogP contribution in [0, 0.1) is 11.7 Å². The minimum Gasteiger partial charge on any atom is -0.465 e. The zero-order chi connectivity index (χ0) is 21.1. The first kappa shape index (κ1) is 21.2. The zero-order valence-electron chi connectivity index (χ0n) is 17.2. The van der Waals surface area contributed by atoms with E-state index in [1.165, 1.54) is 36.2 Å². The van der Waals surface area contributed by atoms with Crippen molar-refractivity contribution in [3.63, 3.8) is 0 Å². The van der Waals surface area contributed by atoms with E-state index in [4.69, 9.17) is 4.74 Å². The molecule has 1 atom stereocenters. The Hall–Kier alpha value is -2.47. The van der Waals surface area contributed by atoms with Crippen molar-refractivity contribution in [2.75, 3.05) is 12.0 Å². The lowest BCUT2D eigenvalue weighted by atomic mass is 9.89. The number of esters is 1. The third-order valence-corrected chi connectivity index (χ3v) is 6.37. The number of anilines is 1. The van der Waals surface area contributed by atoms with E-state index in [-0.39, 0.29) is 23.7 Å². The lowest BCUT2D eigenvalue weighted by Gasteiger charge is -2.31. The Labute approximate surface area is 175 Å². The molecule has 0 N–H and O–H groups in total. The molecule has 29 heavy (non-hydrogen) atoms. The SMILES string of the molecule is COC(=O)c1sc(-c2ccc(F)cc2)cc1N(C(=O)C1CC=C(C)CC1)C(C)C. The summed E-state index contributed by atoms with van der Waals surface area (Å²) in [5.41, 5.74) is 2.67. The summed E-state index contributed by atoms with van der Waals surface area (Å²) < 4.78 is 18.3. The Morgan fingerprint density at radius 2 is 1.93 bits per heavy atom. The van der Waals surface area contributed by atoms with Crippen molar-refractivity contribution in [1.82, 2.24) is 0 Å². The Kier molecular flexibility index (Phi) is 6.52. The van der Waals surface area contributed by atoms with E-state index in [9.17, 15) is 14.0 Å². The van der Waals surface area contributed by atoms with E-state index in [0.29, 0.717) is 10.6 Å². The van der Waals surface area contributed by atoms with Crippen molar-refractivity contribution in [3.05, 3.63) is 52.7 Å². The average Bonchev–Trinajstić information content (AvgIpc) is 3.13. The highest BCUT2D eigenvalue weighted by Gasteiger charge is 2.32. The van der Waals surface area contributed by atoms with Gasteiger partial charge in [-0.2, -0.15) is 0 Å². The standard InChI is InChI=1S/C23H26FNO3S/c1-14(2)25(22(26)17-7-5-15(3)6-8-17)19-13-20(29-21(19)23(27)28-4)16-9-11-18(24)12-10-16/h5,9-14,17H,6-8H2,1-4H3. The maximum absolute atomic E-state index is 13.4. The van der Waals surface area contributed by atoms with Crippen molar-refractivity contribution in [2.45, 2.75) is 46.1 Å². The Morgan fingerprint density at radius 1 is 1.24 bits per heavy atom. The molecule has 0 bridgehead atoms. The van der Waals surface area contributed by atoms with Gasteiger partial charge in [0.15, 0.2) is 0 Å². The van der Waals surface area contributed by atoms with Crippen LogP contribution in [0.1, 0.15) is 49.7 Å². The first-order valence-corrected chi connectivity index (χ1v) is 10.6. The van der Waals surface area contributed by atoms with Crippen LogP contribution in [-0.2, 0) is 9.53 Å². The van der Waals surface area contributed by atoms with E-state index < -0.39 is 5.97 Å². The molecule has 3 rings (SSSR count). The predicted octanol–water partition coefficient (Wildman–Crippen LogP) is 5.83. The number of ether oxygens (including phenoxy) is 1. The number of halogens is 1. The van der Waals surface area contributed by atoms with Crippen LogP contribution in [-0.4, -0.2) is 25.0 Å². The molecule has 2 aromatic rings. The molecule has 1 aromatic heterocycles. The summed E-state index contributed by atoms with van der Waals surface area (Å²) in [5, 5.41) is 0. The van der Waals surface area contributed by atoms with Crippen LogP contribution in [0.15, 0.2) is 42.0 Å². The molecule has 1 aromatic carbocycles. The highest BCUT2D eigenvalue weighted by Crippen LogP contribution is 2.39. The van der Waals surface area contributed by atoms with Gasteiger partial charge in [0.25, 0.3) is 0 Å². The zero-order valence-corrected chi connectivity index (χ0v) is 18.0. The summed E-state index contributed by atoms with van der Waals surface area (Å²) in [7, 11) is 1.33. The largest absolute Gasteiger partial charge is 0.465 e. The van der Waals surface area contributed by atoms with E-state index >= 15 is 0 Å². The second kappa shape index (κ2) is 8.91. The Balaban J connectivity index is 2.03. The van der Waals surface area contributed by atoms with E-state index in [1.807, 2.05) is 19.9 Å². The predicted molar refractivity (Wildman–Crippen MR) is 115 cm³/mol. The molecule has 1 amide bonds. The molecule has 1 aliphatic carbocycles. The molecule has 1 heterocycles. The highest BCUT2D eigenvalue weighted by molar-refractivity contribution is 7.18. The van der Waals surface area contributed by atoms with Crippen LogP contribution >= 0.6 is 11.3 Å². The Morgan fingerprint density at radius 3 is 2.48 bits per heavy atom. The molecule has 6 heteroatoms. The van der Waals surface area contributed by atoms with Crippen LogP contribution in [0.5, 0.6) is 0 Å². The van der Waals surface area contributed by atoms with E-state index in [1.54, 1.807) is 17.0 Å². The molecular formula is C23H26FNO3S. The van der Waals surface area contributed by atoms with E-state index in [2.05, 4.69) is 13.0 Å². The number of carbonyl (C=O) groups is 2. The summed E-state index contributed by atoms with van der Waals surface area (Å²) in [6.07, 6.45) is 4.57. The lowest BCUT2D eigenvalue weighted by Crippen LogP contribution is -2.42. The van der Waals surface area contributed by atoms with Crippen LogP contribution in [0.2, 0.25) is 0 Å². The number of thiophene rings is 1. The topological polar surface area (TPSA) is 46.6 Å². The van der Waals surface area contributed by atoms with Crippen LogP contribution in [0.4, 0.5) is 10.1 Å². The van der Waals surface area contributed by atoms with Gasteiger partial charge in [-0.15, -0.1) is 11.3 Å². The maximum atomic E-state index is 13.4. The number of allylic oxidation sites excluding steroid dienone is 2. The first-order chi connectivity index (χ1) is 13.8. The van der Waals surface area contributed by atoms with Gasteiger partial charge in [-0.3, -0.25) is 4.79 Å². The summed E-state index contributed by atoms with van der Waals surface area (Å²) in [6.45, 7) is 5.97. The average molecular weight is 416 g/mol. The van der Waals surface area contributed by atoms with Gasteiger partial charge >= 0.3 is 5.97 Å². The lowest BCUT2D eigenvalue weighted by molar-refractivity contribution is -0.123.